The van der Waals surface area contributed by atoms with E-state index < -0.39 is 41.4 Å². The van der Waals surface area contributed by atoms with Crippen LogP contribution in [0.1, 0.15) is 26.0 Å². The number of aromatic amines is 1. The molecule has 26 heavy (non-hydrogen) atoms. The van der Waals surface area contributed by atoms with E-state index in [9.17, 15) is 24.0 Å². The summed E-state index contributed by atoms with van der Waals surface area (Å²) in [4.78, 5) is 62.6. The van der Waals surface area contributed by atoms with Crippen LogP contribution in [0.5, 0.6) is 0 Å². The molecule has 0 saturated carbocycles. The Morgan fingerprint density at radius 3 is 2.62 bits per heavy atom. The fraction of sp³-hybridized carbons (Fsp3) is 0.471. The van der Waals surface area contributed by atoms with E-state index in [2.05, 4.69) is 20.9 Å². The maximum Gasteiger partial charge on any atom is 0.289 e. The monoisotopic (exact) mass is 362 g/mol. The fourth-order valence-electron chi connectivity index (χ4n) is 2.59. The maximum absolute atomic E-state index is 12.5. The Bertz CT molecular complexity index is 711. The summed E-state index contributed by atoms with van der Waals surface area (Å²) in [6.07, 6.45) is 1.82. The van der Waals surface area contributed by atoms with E-state index in [1.165, 1.54) is 0 Å². The van der Waals surface area contributed by atoms with Gasteiger partial charge < -0.3 is 20.9 Å². The molecule has 2 heterocycles. The molecule has 9 nitrogen and oxygen atoms in total. The minimum Gasteiger partial charge on any atom is -0.365 e. The maximum atomic E-state index is 12.5. The van der Waals surface area contributed by atoms with Crippen LogP contribution in [0.15, 0.2) is 18.3 Å². The van der Waals surface area contributed by atoms with Gasteiger partial charge in [-0.3, -0.25) is 24.0 Å². The van der Waals surface area contributed by atoms with Crippen LogP contribution in [0, 0.1) is 5.92 Å². The molecule has 0 aromatic carbocycles. The summed E-state index contributed by atoms with van der Waals surface area (Å²) in [7, 11) is 0. The van der Waals surface area contributed by atoms with Gasteiger partial charge in [-0.05, 0) is 24.5 Å². The smallest absolute Gasteiger partial charge is 0.289 e. The second-order valence-corrected chi connectivity index (χ2v) is 6.46. The fourth-order valence-corrected chi connectivity index (χ4v) is 2.59. The van der Waals surface area contributed by atoms with Crippen molar-refractivity contribution in [1.82, 2.24) is 20.9 Å². The summed E-state index contributed by atoms with van der Waals surface area (Å²) in [5, 5.41) is 7.30. The SMILES string of the molecule is CC(C)C(NC(=O)C(=O)Cc1ccc[nH]1)C(=O)NC1CCNC(=O)C1=O. The zero-order valence-corrected chi connectivity index (χ0v) is 14.6. The highest BCUT2D eigenvalue weighted by Crippen LogP contribution is 2.06. The molecule has 1 fully saturated rings. The number of carbonyl (C=O) groups excluding carboxylic acids is 5. The molecule has 0 aliphatic carbocycles. The molecule has 0 bridgehead atoms. The van der Waals surface area contributed by atoms with Crippen LogP contribution in [-0.4, -0.2) is 52.9 Å². The van der Waals surface area contributed by atoms with Gasteiger partial charge in [-0.15, -0.1) is 0 Å². The second-order valence-electron chi connectivity index (χ2n) is 6.46. The quantitative estimate of drug-likeness (QED) is 0.454. The van der Waals surface area contributed by atoms with E-state index in [-0.39, 0.29) is 25.3 Å². The summed E-state index contributed by atoms with van der Waals surface area (Å²) in [5.41, 5.74) is 0.592. The number of amides is 3. The van der Waals surface area contributed by atoms with Crippen molar-refractivity contribution in [2.75, 3.05) is 6.54 Å². The Morgan fingerprint density at radius 2 is 2.00 bits per heavy atom. The molecule has 3 amide bonds. The lowest BCUT2D eigenvalue weighted by Gasteiger charge is -2.26. The number of piperidine rings is 1. The number of hydrogen-bond donors (Lipinski definition) is 4. The Hall–Kier alpha value is -2.97. The summed E-state index contributed by atoms with van der Waals surface area (Å²) < 4.78 is 0. The predicted octanol–water partition coefficient (Wildman–Crippen LogP) is -1.16. The van der Waals surface area contributed by atoms with Crippen molar-refractivity contribution in [2.45, 2.75) is 38.8 Å². The lowest BCUT2D eigenvalue weighted by molar-refractivity contribution is -0.142. The van der Waals surface area contributed by atoms with Crippen LogP contribution in [0.4, 0.5) is 0 Å². The average molecular weight is 362 g/mol. The van der Waals surface area contributed by atoms with Gasteiger partial charge in [-0.1, -0.05) is 13.8 Å². The third-order valence-electron chi connectivity index (χ3n) is 4.08. The molecule has 1 aromatic rings. The molecule has 1 aromatic heterocycles. The molecule has 0 spiro atoms. The third-order valence-corrected chi connectivity index (χ3v) is 4.08. The van der Waals surface area contributed by atoms with E-state index in [0.29, 0.717) is 5.69 Å². The van der Waals surface area contributed by atoms with Crippen molar-refractivity contribution in [3.63, 3.8) is 0 Å². The van der Waals surface area contributed by atoms with E-state index in [0.717, 1.165) is 0 Å². The first kappa shape index (κ1) is 19.4. The molecule has 4 N–H and O–H groups in total. The van der Waals surface area contributed by atoms with Crippen molar-refractivity contribution < 1.29 is 24.0 Å². The molecule has 2 rings (SSSR count). The highest BCUT2D eigenvalue weighted by molar-refractivity contribution is 6.39. The summed E-state index contributed by atoms with van der Waals surface area (Å²) in [5.74, 6) is -3.94. The van der Waals surface area contributed by atoms with Crippen LogP contribution in [0.2, 0.25) is 0 Å². The number of aromatic nitrogens is 1. The molecule has 0 radical (unpaired) electrons. The van der Waals surface area contributed by atoms with Crippen LogP contribution in [0.3, 0.4) is 0 Å². The lowest BCUT2D eigenvalue weighted by Crippen LogP contribution is -2.58. The molecule has 1 saturated heterocycles. The minimum atomic E-state index is -0.993. The molecule has 1 aliphatic rings. The van der Waals surface area contributed by atoms with Crippen molar-refractivity contribution in [3.8, 4) is 0 Å². The zero-order chi connectivity index (χ0) is 19.3. The standard InChI is InChI=1S/C17H22N4O5/c1-9(2)13(16(25)20-11-5-7-19-17(26)14(11)23)21-15(24)12(22)8-10-4-3-6-18-10/h3-4,6,9,11,13,18H,5,7-8H2,1-2H3,(H,19,26)(H,20,25)(H,21,24). The van der Waals surface area contributed by atoms with Crippen molar-refractivity contribution in [3.05, 3.63) is 24.0 Å². The predicted molar refractivity (Wildman–Crippen MR) is 90.8 cm³/mol. The number of nitrogens with one attached hydrogen (secondary N) is 4. The third kappa shape index (κ3) is 4.78. The van der Waals surface area contributed by atoms with E-state index in [1.54, 1.807) is 32.2 Å². The number of Topliss-reactive ketones (excluding diaryl/α,β-unsaturated/α-hetero) is 2. The van der Waals surface area contributed by atoms with E-state index in [1.807, 2.05) is 0 Å². The first-order chi connectivity index (χ1) is 12.3. The average Bonchev–Trinajstić information content (AvgIpc) is 3.09. The Kier molecular flexibility index (Phi) is 6.26. The van der Waals surface area contributed by atoms with Gasteiger partial charge in [0.15, 0.2) is 0 Å². The number of carbonyl (C=O) groups is 5. The van der Waals surface area contributed by atoms with Crippen LogP contribution in [-0.2, 0) is 30.4 Å². The topological polar surface area (TPSA) is 137 Å². The Labute approximate surface area is 150 Å². The van der Waals surface area contributed by atoms with Gasteiger partial charge in [-0.2, -0.15) is 0 Å². The first-order valence-electron chi connectivity index (χ1n) is 8.38. The minimum absolute atomic E-state index is 0.105. The molecular formula is C17H22N4O5. The molecule has 2 atom stereocenters. The second kappa shape index (κ2) is 8.41. The molecular weight excluding hydrogens is 340 g/mol. The Balaban J connectivity index is 1.97. The van der Waals surface area contributed by atoms with Gasteiger partial charge in [0.25, 0.3) is 11.8 Å². The first-order valence-corrected chi connectivity index (χ1v) is 8.38. The normalized spacial score (nSPS) is 18.2. The summed E-state index contributed by atoms with van der Waals surface area (Å²) in [6, 6.07) is 1.47. The van der Waals surface area contributed by atoms with Gasteiger partial charge in [0.2, 0.25) is 17.5 Å². The molecule has 140 valence electrons. The number of rotatable bonds is 7. The van der Waals surface area contributed by atoms with Gasteiger partial charge in [0.1, 0.15) is 6.04 Å². The van der Waals surface area contributed by atoms with E-state index in [4.69, 9.17) is 0 Å². The van der Waals surface area contributed by atoms with Gasteiger partial charge in [-0.25, -0.2) is 0 Å². The Morgan fingerprint density at radius 1 is 1.27 bits per heavy atom. The van der Waals surface area contributed by atoms with Crippen molar-refractivity contribution in [1.29, 1.82) is 0 Å². The highest BCUT2D eigenvalue weighted by atomic mass is 16.2. The summed E-state index contributed by atoms with van der Waals surface area (Å²) >= 11 is 0. The zero-order valence-electron chi connectivity index (χ0n) is 14.6. The van der Waals surface area contributed by atoms with Gasteiger partial charge >= 0.3 is 0 Å². The van der Waals surface area contributed by atoms with Gasteiger partial charge in [0.05, 0.1) is 12.5 Å². The molecule has 9 heteroatoms. The largest absolute Gasteiger partial charge is 0.365 e. The summed E-state index contributed by atoms with van der Waals surface area (Å²) in [6.45, 7) is 3.69. The van der Waals surface area contributed by atoms with E-state index >= 15 is 0 Å². The molecule has 2 unspecified atom stereocenters. The van der Waals surface area contributed by atoms with Crippen LogP contribution < -0.4 is 16.0 Å². The molecule has 1 aliphatic heterocycles. The van der Waals surface area contributed by atoms with Gasteiger partial charge in [0, 0.05) is 18.4 Å². The van der Waals surface area contributed by atoms with Crippen LogP contribution >= 0.6 is 0 Å². The lowest BCUT2D eigenvalue weighted by atomic mass is 10.00. The van der Waals surface area contributed by atoms with Crippen molar-refractivity contribution >= 4 is 29.3 Å². The number of ketones is 2. The number of hydrogen-bond acceptors (Lipinski definition) is 5. The van der Waals surface area contributed by atoms with Crippen LogP contribution in [0.25, 0.3) is 0 Å². The van der Waals surface area contributed by atoms with Crippen molar-refractivity contribution in [2.24, 2.45) is 5.92 Å². The highest BCUT2D eigenvalue weighted by Gasteiger charge is 2.34. The number of H-pyrrole nitrogens is 1.